The van der Waals surface area contributed by atoms with Crippen LogP contribution in [0.4, 0.5) is 5.69 Å². The molecule has 0 fully saturated rings. The van der Waals surface area contributed by atoms with E-state index in [1.165, 1.54) is 0 Å². The van der Waals surface area contributed by atoms with Crippen LogP contribution in [0.1, 0.15) is 6.42 Å². The molecular weight excluding hydrogens is 140 g/mol. The van der Waals surface area contributed by atoms with Gasteiger partial charge in [-0.05, 0) is 19.1 Å². The van der Waals surface area contributed by atoms with Crippen molar-refractivity contribution in [3.05, 3.63) is 31.5 Å². The summed E-state index contributed by atoms with van der Waals surface area (Å²) in [5, 5.41) is 2.65. The molecule has 0 aliphatic heterocycles. The van der Waals surface area contributed by atoms with Crippen molar-refractivity contribution in [2.75, 3.05) is 5.32 Å². The van der Waals surface area contributed by atoms with E-state index in [-0.39, 0.29) is 12.3 Å². The Hall–Kier alpha value is -1.38. The van der Waals surface area contributed by atoms with Gasteiger partial charge in [0.05, 0.1) is 0 Å². The van der Waals surface area contributed by atoms with Crippen LogP contribution in [0, 0.1) is 6.92 Å². The lowest BCUT2D eigenvalue weighted by molar-refractivity contribution is -0.115. The summed E-state index contributed by atoms with van der Waals surface area (Å²) in [4.78, 5) is 14.6. The van der Waals surface area contributed by atoms with Crippen molar-refractivity contribution in [3.63, 3.8) is 0 Å². The van der Waals surface area contributed by atoms with Crippen LogP contribution in [0.15, 0.2) is 24.5 Å². The second-order valence-corrected chi connectivity index (χ2v) is 2.03. The number of hydrogen-bond acceptors (Lipinski definition) is 2. The standard InChI is InChI=1S/C8H9N2O/c1-2-8(11)10-7-3-5-9-6-4-7/h3-6H,1-2H2,(H,9,10,11). The number of rotatable bonds is 2. The number of anilines is 1. The number of aromatic nitrogens is 1. The summed E-state index contributed by atoms with van der Waals surface area (Å²) < 4.78 is 0. The van der Waals surface area contributed by atoms with Crippen molar-refractivity contribution in [3.8, 4) is 0 Å². The molecule has 0 aromatic carbocycles. The van der Waals surface area contributed by atoms with Crippen LogP contribution in [0.2, 0.25) is 0 Å². The molecule has 1 aromatic rings. The van der Waals surface area contributed by atoms with Gasteiger partial charge in [-0.15, -0.1) is 0 Å². The number of nitrogens with one attached hydrogen (secondary N) is 1. The monoisotopic (exact) mass is 149 g/mol. The smallest absolute Gasteiger partial charge is 0.224 e. The lowest BCUT2D eigenvalue weighted by Crippen LogP contribution is -2.09. The largest absolute Gasteiger partial charge is 0.326 e. The van der Waals surface area contributed by atoms with Gasteiger partial charge in [0.2, 0.25) is 5.91 Å². The van der Waals surface area contributed by atoms with Crippen LogP contribution in [0.3, 0.4) is 0 Å². The Morgan fingerprint density at radius 1 is 1.55 bits per heavy atom. The van der Waals surface area contributed by atoms with Gasteiger partial charge in [-0.3, -0.25) is 9.78 Å². The molecule has 0 spiro atoms. The van der Waals surface area contributed by atoms with E-state index in [0.29, 0.717) is 0 Å². The third-order valence-electron chi connectivity index (χ3n) is 1.19. The van der Waals surface area contributed by atoms with E-state index in [2.05, 4.69) is 17.2 Å². The topological polar surface area (TPSA) is 42.0 Å². The van der Waals surface area contributed by atoms with Gasteiger partial charge in [-0.1, -0.05) is 0 Å². The minimum atomic E-state index is -0.0869. The average Bonchev–Trinajstić information content (AvgIpc) is 2.06. The summed E-state index contributed by atoms with van der Waals surface area (Å²) in [6.45, 7) is 3.45. The van der Waals surface area contributed by atoms with Crippen molar-refractivity contribution in [2.45, 2.75) is 6.42 Å². The number of carbonyl (C=O) groups is 1. The number of hydrogen-bond donors (Lipinski definition) is 1. The fourth-order valence-electron chi connectivity index (χ4n) is 0.659. The minimum absolute atomic E-state index is 0.0869. The summed E-state index contributed by atoms with van der Waals surface area (Å²) in [5.41, 5.74) is 0.758. The maximum Gasteiger partial charge on any atom is 0.224 e. The Labute approximate surface area is 65.5 Å². The molecule has 0 atom stereocenters. The van der Waals surface area contributed by atoms with Crippen LogP contribution < -0.4 is 5.32 Å². The lowest BCUT2D eigenvalue weighted by Gasteiger charge is -2.00. The molecule has 0 unspecified atom stereocenters. The van der Waals surface area contributed by atoms with Gasteiger partial charge in [0.1, 0.15) is 0 Å². The summed E-state index contributed by atoms with van der Waals surface area (Å²) >= 11 is 0. The Kier molecular flexibility index (Phi) is 2.60. The van der Waals surface area contributed by atoms with Gasteiger partial charge >= 0.3 is 0 Å². The summed E-state index contributed by atoms with van der Waals surface area (Å²) in [6, 6.07) is 3.46. The molecule has 1 radical (unpaired) electrons. The Bertz CT molecular complexity index is 233. The molecule has 0 saturated heterocycles. The van der Waals surface area contributed by atoms with Crippen LogP contribution in [0.5, 0.6) is 0 Å². The second kappa shape index (κ2) is 3.71. The van der Waals surface area contributed by atoms with E-state index >= 15 is 0 Å². The van der Waals surface area contributed by atoms with E-state index in [1.54, 1.807) is 24.5 Å². The molecule has 11 heavy (non-hydrogen) atoms. The first-order chi connectivity index (χ1) is 5.33. The van der Waals surface area contributed by atoms with E-state index < -0.39 is 0 Å². The van der Waals surface area contributed by atoms with Crippen molar-refractivity contribution in [2.24, 2.45) is 0 Å². The van der Waals surface area contributed by atoms with Gasteiger partial charge < -0.3 is 5.32 Å². The number of nitrogens with zero attached hydrogens (tertiary/aromatic N) is 1. The lowest BCUT2D eigenvalue weighted by atomic mass is 10.4. The van der Waals surface area contributed by atoms with Gasteiger partial charge in [0, 0.05) is 24.5 Å². The molecule has 1 N–H and O–H groups in total. The Balaban J connectivity index is 2.58. The molecule has 3 heteroatoms. The molecule has 0 saturated carbocycles. The molecule has 1 amide bonds. The molecule has 1 aromatic heterocycles. The zero-order valence-electron chi connectivity index (χ0n) is 6.08. The van der Waals surface area contributed by atoms with Crippen LogP contribution >= 0.6 is 0 Å². The van der Waals surface area contributed by atoms with Crippen LogP contribution in [-0.4, -0.2) is 10.9 Å². The SMILES string of the molecule is [CH2]CC(=O)Nc1ccncc1. The fraction of sp³-hybridized carbons (Fsp3) is 0.125. The first kappa shape index (κ1) is 7.72. The number of amides is 1. The van der Waals surface area contributed by atoms with Crippen molar-refractivity contribution in [1.82, 2.24) is 4.98 Å². The van der Waals surface area contributed by atoms with Crippen molar-refractivity contribution in [1.29, 1.82) is 0 Å². The van der Waals surface area contributed by atoms with Gasteiger partial charge in [0.15, 0.2) is 0 Å². The number of carbonyl (C=O) groups excluding carboxylic acids is 1. The highest BCUT2D eigenvalue weighted by Gasteiger charge is 1.95. The van der Waals surface area contributed by atoms with Crippen molar-refractivity contribution >= 4 is 11.6 Å². The zero-order valence-corrected chi connectivity index (χ0v) is 6.08. The van der Waals surface area contributed by atoms with E-state index in [4.69, 9.17) is 0 Å². The summed E-state index contributed by atoms with van der Waals surface area (Å²) in [7, 11) is 0. The number of pyridine rings is 1. The third-order valence-corrected chi connectivity index (χ3v) is 1.19. The molecule has 57 valence electrons. The highest BCUT2D eigenvalue weighted by molar-refractivity contribution is 5.90. The van der Waals surface area contributed by atoms with Crippen molar-refractivity contribution < 1.29 is 4.79 Å². The molecule has 0 bridgehead atoms. The third kappa shape index (κ3) is 2.37. The highest BCUT2D eigenvalue weighted by atomic mass is 16.1. The van der Waals surface area contributed by atoms with E-state index in [1.807, 2.05) is 0 Å². The Morgan fingerprint density at radius 3 is 2.73 bits per heavy atom. The van der Waals surface area contributed by atoms with E-state index in [9.17, 15) is 4.79 Å². The maximum absolute atomic E-state index is 10.8. The molecular formula is C8H9N2O. The molecule has 1 heterocycles. The van der Waals surface area contributed by atoms with Gasteiger partial charge in [-0.25, -0.2) is 0 Å². The second-order valence-electron chi connectivity index (χ2n) is 2.03. The quantitative estimate of drug-likeness (QED) is 0.687. The van der Waals surface area contributed by atoms with Crippen LogP contribution in [-0.2, 0) is 4.79 Å². The maximum atomic E-state index is 10.8. The predicted octanol–water partition coefficient (Wildman–Crippen LogP) is 1.24. The first-order valence-corrected chi connectivity index (χ1v) is 3.32. The minimum Gasteiger partial charge on any atom is -0.326 e. The summed E-state index contributed by atoms with van der Waals surface area (Å²) in [5.74, 6) is -0.0869. The predicted molar refractivity (Wildman–Crippen MR) is 42.8 cm³/mol. The Morgan fingerprint density at radius 2 is 2.18 bits per heavy atom. The first-order valence-electron chi connectivity index (χ1n) is 3.32. The van der Waals surface area contributed by atoms with Crippen LogP contribution in [0.25, 0.3) is 0 Å². The molecule has 3 nitrogen and oxygen atoms in total. The fourth-order valence-corrected chi connectivity index (χ4v) is 0.659. The zero-order chi connectivity index (χ0) is 8.10. The molecule has 1 rings (SSSR count). The normalized spacial score (nSPS) is 9.18. The average molecular weight is 149 g/mol. The van der Waals surface area contributed by atoms with E-state index in [0.717, 1.165) is 5.69 Å². The van der Waals surface area contributed by atoms with Gasteiger partial charge in [0.25, 0.3) is 0 Å². The summed E-state index contributed by atoms with van der Waals surface area (Å²) in [6.07, 6.45) is 3.50. The van der Waals surface area contributed by atoms with Gasteiger partial charge in [-0.2, -0.15) is 0 Å². The molecule has 0 aliphatic carbocycles. The highest BCUT2D eigenvalue weighted by Crippen LogP contribution is 2.02. The molecule has 0 aliphatic rings.